The van der Waals surface area contributed by atoms with Crippen LogP contribution in [0.5, 0.6) is 0 Å². The molecular formula is C11H25NO3S. The molecule has 4 nitrogen and oxygen atoms in total. The molecule has 0 radical (unpaired) electrons. The molecule has 0 rings (SSSR count). The molecule has 0 amide bonds. The lowest BCUT2D eigenvalue weighted by Gasteiger charge is -2.27. The Morgan fingerprint density at radius 2 is 1.94 bits per heavy atom. The fourth-order valence-electron chi connectivity index (χ4n) is 1.50. The molecular weight excluding hydrogens is 226 g/mol. The Morgan fingerprint density at radius 3 is 2.38 bits per heavy atom. The summed E-state index contributed by atoms with van der Waals surface area (Å²) in [5.41, 5.74) is -0.171. The van der Waals surface area contributed by atoms with Crippen molar-refractivity contribution < 1.29 is 13.2 Å². The van der Waals surface area contributed by atoms with Crippen LogP contribution in [0.4, 0.5) is 0 Å². The molecule has 1 atom stereocenters. The fourth-order valence-corrected chi connectivity index (χ4v) is 2.22. The zero-order valence-electron chi connectivity index (χ0n) is 11.0. The Hall–Kier alpha value is -0.130. The summed E-state index contributed by atoms with van der Waals surface area (Å²) < 4.78 is 27.8. The average molecular weight is 251 g/mol. The molecule has 0 fully saturated rings. The summed E-state index contributed by atoms with van der Waals surface area (Å²) in [6, 6.07) is 0.252. The molecule has 0 aliphatic rings. The van der Waals surface area contributed by atoms with E-state index in [0.29, 0.717) is 6.54 Å². The molecule has 5 heteroatoms. The summed E-state index contributed by atoms with van der Waals surface area (Å²) in [7, 11) is -1.17. The molecule has 0 aliphatic carbocycles. The van der Waals surface area contributed by atoms with Crippen LogP contribution in [0, 0.1) is 0 Å². The van der Waals surface area contributed by atoms with Gasteiger partial charge < -0.3 is 10.1 Å². The maximum Gasteiger partial charge on any atom is 0.151 e. The number of methoxy groups -OCH3 is 1. The second kappa shape index (κ2) is 6.57. The number of hydrogen-bond acceptors (Lipinski definition) is 4. The molecule has 0 saturated heterocycles. The highest BCUT2D eigenvalue weighted by atomic mass is 32.2. The van der Waals surface area contributed by atoms with E-state index in [0.717, 1.165) is 6.42 Å². The third-order valence-electron chi connectivity index (χ3n) is 2.70. The summed E-state index contributed by atoms with van der Waals surface area (Å²) in [4.78, 5) is 0. The van der Waals surface area contributed by atoms with E-state index < -0.39 is 9.84 Å². The van der Waals surface area contributed by atoms with E-state index in [2.05, 4.69) is 5.32 Å². The van der Waals surface area contributed by atoms with E-state index in [9.17, 15) is 8.42 Å². The van der Waals surface area contributed by atoms with Gasteiger partial charge in [-0.1, -0.05) is 6.92 Å². The van der Waals surface area contributed by atoms with Gasteiger partial charge in [-0.05, 0) is 27.2 Å². The summed E-state index contributed by atoms with van der Waals surface area (Å²) in [6.07, 6.45) is 0.857. The maximum absolute atomic E-state index is 11.3. The Balaban J connectivity index is 3.87. The van der Waals surface area contributed by atoms with Crippen LogP contribution in [0.2, 0.25) is 0 Å². The summed E-state index contributed by atoms with van der Waals surface area (Å²) in [6.45, 7) is 8.27. The van der Waals surface area contributed by atoms with Crippen molar-refractivity contribution in [1.82, 2.24) is 5.32 Å². The summed E-state index contributed by atoms with van der Waals surface area (Å²) in [5.74, 6) is 0.424. The van der Waals surface area contributed by atoms with Crippen LogP contribution >= 0.6 is 0 Å². The van der Waals surface area contributed by atoms with Gasteiger partial charge in [-0.2, -0.15) is 0 Å². The lowest BCUT2D eigenvalue weighted by atomic mass is 10.00. The summed E-state index contributed by atoms with van der Waals surface area (Å²) in [5, 5.41) is 3.20. The second-order valence-electron chi connectivity index (χ2n) is 4.76. The van der Waals surface area contributed by atoms with Crippen molar-refractivity contribution >= 4 is 9.84 Å². The van der Waals surface area contributed by atoms with Crippen molar-refractivity contribution in [2.75, 3.05) is 25.2 Å². The molecule has 0 saturated carbocycles. The highest BCUT2D eigenvalue weighted by Gasteiger charge is 2.20. The first kappa shape index (κ1) is 15.9. The van der Waals surface area contributed by atoms with Crippen LogP contribution in [0.3, 0.4) is 0 Å². The van der Waals surface area contributed by atoms with Gasteiger partial charge in [0.25, 0.3) is 0 Å². The fraction of sp³-hybridized carbons (Fsp3) is 1.00. The molecule has 0 bridgehead atoms. The molecule has 1 unspecified atom stereocenters. The van der Waals surface area contributed by atoms with Crippen molar-refractivity contribution in [3.8, 4) is 0 Å². The Labute approximate surface area is 99.7 Å². The lowest BCUT2D eigenvalue weighted by Crippen LogP contribution is -2.37. The number of rotatable bonds is 8. The monoisotopic (exact) mass is 251 g/mol. The van der Waals surface area contributed by atoms with Gasteiger partial charge in [-0.25, -0.2) is 8.42 Å². The minimum atomic E-state index is -2.86. The van der Waals surface area contributed by atoms with E-state index in [1.807, 2.05) is 20.8 Å². The molecule has 16 heavy (non-hydrogen) atoms. The number of sulfone groups is 1. The van der Waals surface area contributed by atoms with Crippen molar-refractivity contribution in [2.45, 2.75) is 45.8 Å². The van der Waals surface area contributed by atoms with Gasteiger partial charge in [0, 0.05) is 25.4 Å². The number of nitrogens with one attached hydrogen (secondary N) is 1. The number of ether oxygens (including phenoxy) is 1. The van der Waals surface area contributed by atoms with Crippen LogP contribution in [0.1, 0.15) is 34.1 Å². The van der Waals surface area contributed by atoms with Gasteiger partial charge in [0.1, 0.15) is 0 Å². The van der Waals surface area contributed by atoms with Gasteiger partial charge in [-0.3, -0.25) is 0 Å². The first-order chi connectivity index (χ1) is 7.22. The quantitative estimate of drug-likeness (QED) is 0.704. The SMILES string of the molecule is CCS(=O)(=O)CCNC(C)CC(C)(C)OC. The minimum Gasteiger partial charge on any atom is -0.379 e. The van der Waals surface area contributed by atoms with Crippen LogP contribution < -0.4 is 5.32 Å². The normalized spacial score (nSPS) is 15.1. The van der Waals surface area contributed by atoms with Crippen LogP contribution in [0.15, 0.2) is 0 Å². The first-order valence-corrected chi connectivity index (χ1v) is 7.53. The lowest BCUT2D eigenvalue weighted by molar-refractivity contribution is 0.00876. The molecule has 0 spiro atoms. The van der Waals surface area contributed by atoms with E-state index in [4.69, 9.17) is 4.74 Å². The van der Waals surface area contributed by atoms with Crippen LogP contribution in [0.25, 0.3) is 0 Å². The van der Waals surface area contributed by atoms with Crippen molar-refractivity contribution in [3.05, 3.63) is 0 Å². The van der Waals surface area contributed by atoms with Crippen molar-refractivity contribution in [3.63, 3.8) is 0 Å². The first-order valence-electron chi connectivity index (χ1n) is 5.71. The maximum atomic E-state index is 11.3. The topological polar surface area (TPSA) is 55.4 Å². The van der Waals surface area contributed by atoms with Gasteiger partial charge in [-0.15, -0.1) is 0 Å². The Bertz CT molecular complexity index is 286. The number of hydrogen-bond donors (Lipinski definition) is 1. The highest BCUT2D eigenvalue weighted by molar-refractivity contribution is 7.91. The average Bonchev–Trinajstić information content (AvgIpc) is 2.17. The molecule has 1 N–H and O–H groups in total. The predicted octanol–water partition coefficient (Wildman–Crippen LogP) is 1.21. The van der Waals surface area contributed by atoms with E-state index in [1.165, 1.54) is 0 Å². The van der Waals surface area contributed by atoms with Crippen molar-refractivity contribution in [1.29, 1.82) is 0 Å². The zero-order chi connectivity index (χ0) is 12.8. The standard InChI is InChI=1S/C11H25NO3S/c1-6-16(13,14)8-7-12-10(2)9-11(3,4)15-5/h10,12H,6-9H2,1-5H3. The molecule has 98 valence electrons. The van der Waals surface area contributed by atoms with Gasteiger partial charge in [0.05, 0.1) is 11.4 Å². The van der Waals surface area contributed by atoms with Crippen LogP contribution in [-0.2, 0) is 14.6 Å². The van der Waals surface area contributed by atoms with Gasteiger partial charge >= 0.3 is 0 Å². The predicted molar refractivity (Wildman–Crippen MR) is 67.5 cm³/mol. The van der Waals surface area contributed by atoms with E-state index in [-0.39, 0.29) is 23.1 Å². The van der Waals surface area contributed by atoms with E-state index >= 15 is 0 Å². The molecule has 0 aromatic heterocycles. The van der Waals surface area contributed by atoms with Crippen molar-refractivity contribution in [2.24, 2.45) is 0 Å². The van der Waals surface area contributed by atoms with Gasteiger partial charge in [0.2, 0.25) is 0 Å². The van der Waals surface area contributed by atoms with Crippen LogP contribution in [-0.4, -0.2) is 45.2 Å². The molecule has 0 aromatic rings. The third kappa shape index (κ3) is 7.19. The second-order valence-corrected chi connectivity index (χ2v) is 7.23. The molecule has 0 heterocycles. The highest BCUT2D eigenvalue weighted by Crippen LogP contribution is 2.15. The zero-order valence-corrected chi connectivity index (χ0v) is 11.9. The van der Waals surface area contributed by atoms with E-state index in [1.54, 1.807) is 14.0 Å². The molecule has 0 aliphatic heterocycles. The molecule has 0 aromatic carbocycles. The largest absolute Gasteiger partial charge is 0.379 e. The smallest absolute Gasteiger partial charge is 0.151 e. The van der Waals surface area contributed by atoms with Gasteiger partial charge in [0.15, 0.2) is 9.84 Å². The Morgan fingerprint density at radius 1 is 1.38 bits per heavy atom. The minimum absolute atomic E-state index is 0.171. The Kier molecular flexibility index (Phi) is 6.51. The summed E-state index contributed by atoms with van der Waals surface area (Å²) >= 11 is 0. The third-order valence-corrected chi connectivity index (χ3v) is 4.40.